The Morgan fingerprint density at radius 1 is 0.931 bits per heavy atom. The summed E-state index contributed by atoms with van der Waals surface area (Å²) in [7, 11) is 4.32. The lowest BCUT2D eigenvalue weighted by Gasteiger charge is -2.10. The molecule has 0 amide bonds. The fraction of sp³-hybridized carbons (Fsp3) is 0.200. The summed E-state index contributed by atoms with van der Waals surface area (Å²) in [5.74, 6) is 0.410. The standard InChI is InChI=1S/C20H17F2NO6/c1-25-14-7-5-12(10-17(14)27-3)18-23-13(19(24)29-18)8-11-4-6-15(28-20(21)22)16(9-11)26-2/h4-10,20H,1-3H3/b13-8+. The Bertz CT molecular complexity index is 987. The molecule has 0 atom stereocenters. The van der Waals surface area contributed by atoms with E-state index < -0.39 is 12.6 Å². The van der Waals surface area contributed by atoms with Gasteiger partial charge >= 0.3 is 12.6 Å². The summed E-state index contributed by atoms with van der Waals surface area (Å²) in [5, 5.41) is 0. The third kappa shape index (κ3) is 4.45. The zero-order valence-electron chi connectivity index (χ0n) is 15.8. The SMILES string of the molecule is COc1ccc(C2=N/C(=C/c3ccc(OC(F)F)c(OC)c3)C(=O)O2)cc1OC. The number of carbonyl (C=O) groups excluding carboxylic acids is 1. The second-order valence-corrected chi connectivity index (χ2v) is 5.69. The van der Waals surface area contributed by atoms with Crippen molar-refractivity contribution < 1.29 is 37.3 Å². The zero-order chi connectivity index (χ0) is 21.0. The number of aliphatic imine (C=N–C) groups is 1. The van der Waals surface area contributed by atoms with Crippen molar-refractivity contribution >= 4 is 17.9 Å². The highest BCUT2D eigenvalue weighted by atomic mass is 19.3. The summed E-state index contributed by atoms with van der Waals surface area (Å²) >= 11 is 0. The Kier molecular flexibility index (Phi) is 5.96. The monoisotopic (exact) mass is 405 g/mol. The number of esters is 1. The summed E-state index contributed by atoms with van der Waals surface area (Å²) in [5.41, 5.74) is 1.06. The van der Waals surface area contributed by atoms with E-state index in [4.69, 9.17) is 18.9 Å². The average molecular weight is 405 g/mol. The van der Waals surface area contributed by atoms with Crippen LogP contribution in [0.2, 0.25) is 0 Å². The fourth-order valence-corrected chi connectivity index (χ4v) is 2.63. The summed E-state index contributed by atoms with van der Waals surface area (Å²) in [6.07, 6.45) is 1.45. The van der Waals surface area contributed by atoms with E-state index in [-0.39, 0.29) is 23.1 Å². The van der Waals surface area contributed by atoms with Crippen LogP contribution in [-0.2, 0) is 9.53 Å². The Hall–Kier alpha value is -3.62. The van der Waals surface area contributed by atoms with E-state index in [0.717, 1.165) is 0 Å². The van der Waals surface area contributed by atoms with Crippen molar-refractivity contribution in [2.75, 3.05) is 21.3 Å². The van der Waals surface area contributed by atoms with E-state index in [9.17, 15) is 13.6 Å². The number of nitrogens with zero attached hydrogens (tertiary/aromatic N) is 1. The molecule has 2 aromatic carbocycles. The highest BCUT2D eigenvalue weighted by Crippen LogP contribution is 2.32. The van der Waals surface area contributed by atoms with Gasteiger partial charge in [-0.15, -0.1) is 0 Å². The van der Waals surface area contributed by atoms with Crippen molar-refractivity contribution in [3.8, 4) is 23.0 Å². The number of carbonyl (C=O) groups is 1. The molecule has 0 bridgehead atoms. The predicted octanol–water partition coefficient (Wildman–Crippen LogP) is 3.66. The van der Waals surface area contributed by atoms with E-state index in [1.807, 2.05) is 0 Å². The van der Waals surface area contributed by atoms with Gasteiger partial charge in [-0.3, -0.25) is 0 Å². The molecule has 2 aromatic rings. The molecule has 0 N–H and O–H groups in total. The van der Waals surface area contributed by atoms with Crippen molar-refractivity contribution in [1.82, 2.24) is 0 Å². The molecule has 1 heterocycles. The minimum atomic E-state index is -2.98. The summed E-state index contributed by atoms with van der Waals surface area (Å²) in [6, 6.07) is 9.23. The van der Waals surface area contributed by atoms with Crippen LogP contribution < -0.4 is 18.9 Å². The largest absolute Gasteiger partial charge is 0.493 e. The highest BCUT2D eigenvalue weighted by Gasteiger charge is 2.25. The van der Waals surface area contributed by atoms with Crippen LogP contribution >= 0.6 is 0 Å². The third-order valence-electron chi connectivity index (χ3n) is 3.96. The molecule has 0 spiro atoms. The molecular weight excluding hydrogens is 388 g/mol. The summed E-state index contributed by atoms with van der Waals surface area (Å²) in [6.45, 7) is -2.98. The second kappa shape index (κ2) is 8.59. The molecular formula is C20H17F2NO6. The van der Waals surface area contributed by atoms with Crippen molar-refractivity contribution in [2.24, 2.45) is 4.99 Å². The smallest absolute Gasteiger partial charge is 0.387 e. The lowest BCUT2D eigenvalue weighted by atomic mass is 10.1. The van der Waals surface area contributed by atoms with E-state index >= 15 is 0 Å². The van der Waals surface area contributed by atoms with E-state index in [1.54, 1.807) is 18.2 Å². The first-order valence-corrected chi connectivity index (χ1v) is 8.33. The van der Waals surface area contributed by atoms with Crippen LogP contribution in [0, 0.1) is 0 Å². The van der Waals surface area contributed by atoms with Crippen molar-refractivity contribution in [1.29, 1.82) is 0 Å². The van der Waals surface area contributed by atoms with E-state index in [1.165, 1.54) is 45.6 Å². The topological polar surface area (TPSA) is 75.6 Å². The first-order chi connectivity index (χ1) is 13.9. The van der Waals surface area contributed by atoms with Gasteiger partial charge < -0.3 is 23.7 Å². The minimum absolute atomic E-state index is 0.0411. The van der Waals surface area contributed by atoms with Crippen LogP contribution in [0.3, 0.4) is 0 Å². The van der Waals surface area contributed by atoms with Gasteiger partial charge in [-0.1, -0.05) is 6.07 Å². The van der Waals surface area contributed by atoms with Gasteiger partial charge in [0.1, 0.15) is 0 Å². The van der Waals surface area contributed by atoms with Gasteiger partial charge in [0.15, 0.2) is 28.7 Å². The molecule has 0 aromatic heterocycles. The first kappa shape index (κ1) is 20.1. The molecule has 29 heavy (non-hydrogen) atoms. The molecule has 0 fully saturated rings. The van der Waals surface area contributed by atoms with Crippen LogP contribution in [0.4, 0.5) is 8.78 Å². The molecule has 0 aliphatic carbocycles. The molecule has 0 radical (unpaired) electrons. The van der Waals surface area contributed by atoms with Crippen molar-refractivity contribution in [3.63, 3.8) is 0 Å². The number of hydrogen-bond donors (Lipinski definition) is 0. The van der Waals surface area contributed by atoms with Crippen LogP contribution in [0.1, 0.15) is 11.1 Å². The maximum absolute atomic E-state index is 12.4. The minimum Gasteiger partial charge on any atom is -0.493 e. The molecule has 7 nitrogen and oxygen atoms in total. The van der Waals surface area contributed by atoms with Crippen molar-refractivity contribution in [3.05, 3.63) is 53.2 Å². The highest BCUT2D eigenvalue weighted by molar-refractivity contribution is 6.13. The number of methoxy groups -OCH3 is 3. The molecule has 1 aliphatic rings. The molecule has 0 saturated carbocycles. The van der Waals surface area contributed by atoms with Gasteiger partial charge in [-0.25, -0.2) is 9.79 Å². The van der Waals surface area contributed by atoms with Crippen LogP contribution in [0.5, 0.6) is 23.0 Å². The Morgan fingerprint density at radius 2 is 1.59 bits per heavy atom. The van der Waals surface area contributed by atoms with E-state index in [2.05, 4.69) is 9.73 Å². The number of cyclic esters (lactones) is 1. The van der Waals surface area contributed by atoms with Gasteiger partial charge in [-0.2, -0.15) is 8.78 Å². The Labute approximate surface area is 165 Å². The number of alkyl halides is 2. The van der Waals surface area contributed by atoms with Crippen LogP contribution in [-0.4, -0.2) is 39.8 Å². The summed E-state index contributed by atoms with van der Waals surface area (Å²) in [4.78, 5) is 16.4. The average Bonchev–Trinajstić information content (AvgIpc) is 3.08. The van der Waals surface area contributed by atoms with Crippen LogP contribution in [0.25, 0.3) is 6.08 Å². The van der Waals surface area contributed by atoms with Gasteiger partial charge in [-0.05, 0) is 42.0 Å². The molecule has 1 aliphatic heterocycles. The van der Waals surface area contributed by atoms with Crippen LogP contribution in [0.15, 0.2) is 47.1 Å². The molecule has 0 saturated heterocycles. The van der Waals surface area contributed by atoms with Crippen molar-refractivity contribution in [2.45, 2.75) is 6.61 Å². The first-order valence-electron chi connectivity index (χ1n) is 8.33. The quantitative estimate of drug-likeness (QED) is 0.517. The molecule has 9 heteroatoms. The number of rotatable bonds is 7. The second-order valence-electron chi connectivity index (χ2n) is 5.69. The normalized spacial score (nSPS) is 14.6. The van der Waals surface area contributed by atoms with Gasteiger partial charge in [0, 0.05) is 5.56 Å². The maximum atomic E-state index is 12.4. The molecule has 152 valence electrons. The van der Waals surface area contributed by atoms with E-state index in [0.29, 0.717) is 22.6 Å². The number of benzene rings is 2. The Balaban J connectivity index is 1.91. The molecule has 3 rings (SSSR count). The van der Waals surface area contributed by atoms with Gasteiger partial charge in [0.2, 0.25) is 5.90 Å². The van der Waals surface area contributed by atoms with Gasteiger partial charge in [0.05, 0.1) is 21.3 Å². The molecule has 0 unspecified atom stereocenters. The number of hydrogen-bond acceptors (Lipinski definition) is 7. The lowest BCUT2D eigenvalue weighted by molar-refractivity contribution is -0.129. The van der Waals surface area contributed by atoms with Gasteiger partial charge in [0.25, 0.3) is 0 Å². The lowest BCUT2D eigenvalue weighted by Crippen LogP contribution is -2.06. The predicted molar refractivity (Wildman–Crippen MR) is 99.8 cm³/mol. The number of ether oxygens (including phenoxy) is 5. The summed E-state index contributed by atoms with van der Waals surface area (Å²) < 4.78 is 49.9. The third-order valence-corrected chi connectivity index (χ3v) is 3.96. The number of halogens is 2. The zero-order valence-corrected chi connectivity index (χ0v) is 15.8. The Morgan fingerprint density at radius 3 is 2.24 bits per heavy atom. The fourth-order valence-electron chi connectivity index (χ4n) is 2.63. The maximum Gasteiger partial charge on any atom is 0.387 e.